The van der Waals surface area contributed by atoms with Crippen LogP contribution in [0.15, 0.2) is 83.4 Å². The molecule has 0 spiro atoms. The van der Waals surface area contributed by atoms with Crippen LogP contribution in [0.25, 0.3) is 6.08 Å². The summed E-state index contributed by atoms with van der Waals surface area (Å²) >= 11 is 2.07. The third kappa shape index (κ3) is 6.71. The van der Waals surface area contributed by atoms with Crippen molar-refractivity contribution in [3.63, 3.8) is 0 Å². The first-order valence-electron chi connectivity index (χ1n) is 15.9. The van der Waals surface area contributed by atoms with Crippen molar-refractivity contribution in [2.24, 2.45) is 17.8 Å². The van der Waals surface area contributed by atoms with Crippen LogP contribution in [0.2, 0.25) is 6.32 Å². The van der Waals surface area contributed by atoms with E-state index in [1.165, 1.54) is 12.0 Å². The first-order chi connectivity index (χ1) is 22.7. The highest BCUT2D eigenvalue weighted by molar-refractivity contribution is 14.1. The molecule has 3 aromatic rings. The van der Waals surface area contributed by atoms with Crippen LogP contribution >= 0.6 is 22.6 Å². The standard InChI is InChI=1S/C36H38BIN2O7/c1-3-21(15-22-16-29(38)34(42)31(17-22)46-2)9-14-30-32-23(20-41)18-27-33(28(32)19-37(45)47-30)36(44)40(35(27)43)26-12-10-25(11-13-26)39-24-7-5-4-6-8-24/h4-8,10-13,15-17,27-28,30,33,39,41-42,45H,3,9,14,18-20H2,1-2H3/b21-15+/t27-,28+,30-,33-/m1/s1. The molecular weight excluding hydrogens is 710 g/mol. The minimum atomic E-state index is -1.09. The predicted molar refractivity (Wildman–Crippen MR) is 190 cm³/mol. The van der Waals surface area contributed by atoms with E-state index in [1.54, 1.807) is 18.2 Å². The van der Waals surface area contributed by atoms with Crippen LogP contribution in [-0.4, -0.2) is 54.0 Å². The number of rotatable bonds is 10. The Morgan fingerprint density at radius 1 is 1.09 bits per heavy atom. The number of imide groups is 1. The Labute approximate surface area is 288 Å². The van der Waals surface area contributed by atoms with Gasteiger partial charge in [-0.2, -0.15) is 0 Å². The molecule has 0 unspecified atom stereocenters. The number of hydrogen-bond acceptors (Lipinski definition) is 8. The van der Waals surface area contributed by atoms with E-state index in [4.69, 9.17) is 9.39 Å². The van der Waals surface area contributed by atoms with Crippen LogP contribution in [0.5, 0.6) is 11.5 Å². The van der Waals surface area contributed by atoms with Crippen molar-refractivity contribution in [2.45, 2.75) is 45.0 Å². The molecule has 2 fully saturated rings. The van der Waals surface area contributed by atoms with E-state index in [1.807, 2.05) is 48.5 Å². The molecule has 4 N–H and O–H groups in total. The third-order valence-corrected chi connectivity index (χ3v) is 10.3. The van der Waals surface area contributed by atoms with Gasteiger partial charge in [0.15, 0.2) is 11.5 Å². The maximum Gasteiger partial charge on any atom is 0.455 e. The second kappa shape index (κ2) is 14.2. The number of hydrogen-bond donors (Lipinski definition) is 4. The van der Waals surface area contributed by atoms with Crippen molar-refractivity contribution < 1.29 is 34.2 Å². The lowest BCUT2D eigenvalue weighted by Gasteiger charge is -2.43. The number of ether oxygens (including phenoxy) is 1. The summed E-state index contributed by atoms with van der Waals surface area (Å²) in [6, 6.07) is 20.6. The fraction of sp³-hybridized carbons (Fsp3) is 0.333. The van der Waals surface area contributed by atoms with Gasteiger partial charge in [-0.15, -0.1) is 0 Å². The van der Waals surface area contributed by atoms with Crippen LogP contribution < -0.4 is 15.0 Å². The van der Waals surface area contributed by atoms with Gasteiger partial charge in [0.25, 0.3) is 0 Å². The molecule has 11 heteroatoms. The summed E-state index contributed by atoms with van der Waals surface area (Å²) in [7, 11) is 0.426. The number of aromatic hydroxyl groups is 1. The molecule has 2 amide bonds. The second-order valence-electron chi connectivity index (χ2n) is 12.3. The Hall–Kier alpha value is -3.65. The van der Waals surface area contributed by atoms with Crippen LogP contribution in [-0.2, 0) is 14.2 Å². The molecule has 9 nitrogen and oxygen atoms in total. The Bertz CT molecular complexity index is 1710. The van der Waals surface area contributed by atoms with Crippen LogP contribution in [0.1, 0.15) is 38.2 Å². The highest BCUT2D eigenvalue weighted by Gasteiger charge is 2.57. The van der Waals surface area contributed by atoms with Crippen LogP contribution in [0.3, 0.4) is 0 Å². The summed E-state index contributed by atoms with van der Waals surface area (Å²) < 4.78 is 12.1. The normalized spacial score (nSPS) is 22.8. The number of benzene rings is 3. The van der Waals surface area contributed by atoms with Crippen molar-refractivity contribution in [3.8, 4) is 11.5 Å². The van der Waals surface area contributed by atoms with Gasteiger partial charge in [0.1, 0.15) is 0 Å². The number of methoxy groups -OCH3 is 1. The Kier molecular flexibility index (Phi) is 10.1. The zero-order valence-electron chi connectivity index (χ0n) is 26.4. The fourth-order valence-electron chi connectivity index (χ4n) is 7.28. The molecule has 2 saturated heterocycles. The third-order valence-electron chi connectivity index (χ3n) is 9.51. The van der Waals surface area contributed by atoms with Crippen molar-refractivity contribution in [2.75, 3.05) is 23.9 Å². The van der Waals surface area contributed by atoms with E-state index in [2.05, 4.69) is 40.9 Å². The molecule has 0 radical (unpaired) electrons. The zero-order valence-corrected chi connectivity index (χ0v) is 28.5. The summed E-state index contributed by atoms with van der Waals surface area (Å²) in [5.41, 5.74) is 5.87. The van der Waals surface area contributed by atoms with Crippen molar-refractivity contribution in [1.82, 2.24) is 0 Å². The van der Waals surface area contributed by atoms with Gasteiger partial charge in [-0.1, -0.05) is 36.8 Å². The highest BCUT2D eigenvalue weighted by Crippen LogP contribution is 2.51. The van der Waals surface area contributed by atoms with Crippen molar-refractivity contribution >= 4 is 64.7 Å². The molecule has 47 heavy (non-hydrogen) atoms. The molecule has 3 aromatic carbocycles. The summed E-state index contributed by atoms with van der Waals surface area (Å²) in [4.78, 5) is 29.1. The zero-order chi connectivity index (χ0) is 33.2. The number of aliphatic hydroxyl groups is 1. The van der Waals surface area contributed by atoms with E-state index < -0.39 is 31.0 Å². The van der Waals surface area contributed by atoms with Gasteiger partial charge in [-0.3, -0.25) is 14.5 Å². The van der Waals surface area contributed by atoms with E-state index in [0.717, 1.165) is 40.1 Å². The number of nitrogens with one attached hydrogen (secondary N) is 1. The van der Waals surface area contributed by atoms with Gasteiger partial charge in [0.2, 0.25) is 11.8 Å². The number of amides is 2. The Balaban J connectivity index is 1.22. The Morgan fingerprint density at radius 3 is 2.49 bits per heavy atom. The molecule has 244 valence electrons. The lowest BCUT2D eigenvalue weighted by Crippen LogP contribution is -2.46. The SMILES string of the molecule is CC/C(=C\c1cc(I)c(O)c(OC)c1)CC[C@H]1OB(O)C[C@H]2C1=C(CO)C[C@H]1C(=O)N(c3ccc(Nc4ccccc4)cc3)C(=O)[C@H]12. The number of fused-ring (bicyclic) bond motifs is 3. The summed E-state index contributed by atoms with van der Waals surface area (Å²) in [5, 5.41) is 34.9. The summed E-state index contributed by atoms with van der Waals surface area (Å²) in [6.07, 6.45) is 3.99. The second-order valence-corrected chi connectivity index (χ2v) is 13.4. The minimum absolute atomic E-state index is 0.105. The predicted octanol–water partition coefficient (Wildman–Crippen LogP) is 6.32. The van der Waals surface area contributed by atoms with Crippen LogP contribution in [0.4, 0.5) is 17.1 Å². The molecule has 0 bridgehead atoms. The number of phenols is 1. The summed E-state index contributed by atoms with van der Waals surface area (Å²) in [5.74, 6) is -1.70. The molecule has 0 saturated carbocycles. The summed E-state index contributed by atoms with van der Waals surface area (Å²) in [6.45, 7) is 1.83. The van der Waals surface area contributed by atoms with Gasteiger partial charge in [0, 0.05) is 11.4 Å². The van der Waals surface area contributed by atoms with E-state index in [9.17, 15) is 24.8 Å². The maximum absolute atomic E-state index is 14.1. The first kappa shape index (κ1) is 33.3. The fourth-order valence-corrected chi connectivity index (χ4v) is 7.91. The van der Waals surface area contributed by atoms with Crippen LogP contribution in [0, 0.1) is 21.3 Å². The highest BCUT2D eigenvalue weighted by atomic mass is 127. The number of carbonyl (C=O) groups excluding carboxylic acids is 2. The number of halogens is 1. The minimum Gasteiger partial charge on any atom is -0.504 e. The van der Waals surface area contributed by atoms with Crippen molar-refractivity contribution in [1.29, 1.82) is 0 Å². The monoisotopic (exact) mass is 748 g/mol. The molecule has 1 aliphatic carbocycles. The average Bonchev–Trinajstić information content (AvgIpc) is 3.33. The van der Waals surface area contributed by atoms with E-state index in [-0.39, 0.29) is 36.9 Å². The van der Waals surface area contributed by atoms with Gasteiger partial charge >= 0.3 is 7.12 Å². The largest absolute Gasteiger partial charge is 0.504 e. The first-order valence-corrected chi connectivity index (χ1v) is 17.0. The average molecular weight is 748 g/mol. The number of allylic oxidation sites excluding steroid dienone is 1. The lowest BCUT2D eigenvalue weighted by atomic mass is 9.58. The number of para-hydroxylation sites is 1. The van der Waals surface area contributed by atoms with Gasteiger partial charge in [-0.05, 0) is 126 Å². The topological polar surface area (TPSA) is 129 Å². The lowest BCUT2D eigenvalue weighted by molar-refractivity contribution is -0.122. The van der Waals surface area contributed by atoms with Gasteiger partial charge < -0.3 is 29.9 Å². The van der Waals surface area contributed by atoms with E-state index >= 15 is 0 Å². The number of carbonyl (C=O) groups is 2. The quantitative estimate of drug-likeness (QED) is 0.0822. The molecule has 6 rings (SSSR count). The molecule has 0 aromatic heterocycles. The molecule has 2 heterocycles. The molecule has 4 atom stereocenters. The number of phenolic OH excluding ortho intramolecular Hbond substituents is 1. The smallest absolute Gasteiger partial charge is 0.455 e. The maximum atomic E-state index is 14.1. The Morgan fingerprint density at radius 2 is 1.81 bits per heavy atom. The van der Waals surface area contributed by atoms with Crippen molar-refractivity contribution in [3.05, 3.63) is 92.6 Å². The van der Waals surface area contributed by atoms with Gasteiger partial charge in [-0.25, -0.2) is 0 Å². The van der Waals surface area contributed by atoms with E-state index in [0.29, 0.717) is 27.8 Å². The molecule has 2 aliphatic heterocycles. The number of aliphatic hydroxyl groups excluding tert-OH is 1. The van der Waals surface area contributed by atoms with Gasteiger partial charge in [0.05, 0.1) is 40.9 Å². The number of nitrogens with zero attached hydrogens (tertiary/aromatic N) is 1. The molecule has 3 aliphatic rings. The number of anilines is 3. The molecular formula is C36H38BIN2O7.